The lowest BCUT2D eigenvalue weighted by molar-refractivity contribution is 1.12. The molecule has 1 aromatic carbocycles. The summed E-state index contributed by atoms with van der Waals surface area (Å²) in [4.78, 5) is 3.26. The molecule has 0 radical (unpaired) electrons. The number of hydrogen-bond donors (Lipinski definition) is 1. The molecule has 0 aromatic heterocycles. The van der Waals surface area contributed by atoms with Gasteiger partial charge < -0.3 is 10.6 Å². The summed E-state index contributed by atoms with van der Waals surface area (Å²) in [7, 11) is 4.03. The summed E-state index contributed by atoms with van der Waals surface area (Å²) in [6.45, 7) is 0. The second kappa shape index (κ2) is 3.72. The zero-order valence-electron chi connectivity index (χ0n) is 7.66. The number of nitrogens with zero attached hydrogens (tertiary/aromatic N) is 1. The smallest absolute Gasteiger partial charge is 0.0392 e. The number of thioether (sulfide) groups is 1. The minimum atomic E-state index is 0.825. The van der Waals surface area contributed by atoms with Crippen LogP contribution in [0.5, 0.6) is 0 Å². The van der Waals surface area contributed by atoms with Crippen LogP contribution in [0.3, 0.4) is 0 Å². The number of hydrogen-bond acceptors (Lipinski definition) is 3. The van der Waals surface area contributed by atoms with Crippen molar-refractivity contribution in [2.45, 2.75) is 4.90 Å². The Kier molecular flexibility index (Phi) is 2.87. The van der Waals surface area contributed by atoms with Crippen LogP contribution in [-0.4, -0.2) is 20.4 Å². The Morgan fingerprint density at radius 1 is 1.25 bits per heavy atom. The Morgan fingerprint density at radius 3 is 2.42 bits per heavy atom. The standard InChI is InChI=1S/C9H14N2S/c1-11(2)8-4-7(10)5-9(6-8)12-3/h4-6H,10H2,1-3H3. The van der Waals surface area contributed by atoms with Crippen LogP contribution in [0.2, 0.25) is 0 Å². The first-order valence-electron chi connectivity index (χ1n) is 3.75. The maximum Gasteiger partial charge on any atom is 0.0392 e. The molecule has 0 atom stereocenters. The summed E-state index contributed by atoms with van der Waals surface area (Å²) < 4.78 is 0. The van der Waals surface area contributed by atoms with Crippen LogP contribution in [0.25, 0.3) is 0 Å². The SMILES string of the molecule is CSc1cc(N)cc(N(C)C)c1. The van der Waals surface area contributed by atoms with Crippen LogP contribution >= 0.6 is 11.8 Å². The van der Waals surface area contributed by atoms with E-state index in [0.717, 1.165) is 11.4 Å². The zero-order chi connectivity index (χ0) is 9.14. The fourth-order valence-corrected chi connectivity index (χ4v) is 1.47. The molecule has 0 aliphatic rings. The third-order valence-corrected chi connectivity index (χ3v) is 2.37. The summed E-state index contributed by atoms with van der Waals surface area (Å²) in [5.41, 5.74) is 7.71. The lowest BCUT2D eigenvalue weighted by Crippen LogP contribution is -2.08. The number of anilines is 2. The van der Waals surface area contributed by atoms with Crippen LogP contribution in [-0.2, 0) is 0 Å². The Hall–Kier alpha value is -0.830. The highest BCUT2D eigenvalue weighted by Gasteiger charge is 1.98. The van der Waals surface area contributed by atoms with E-state index in [1.165, 1.54) is 4.90 Å². The highest BCUT2D eigenvalue weighted by molar-refractivity contribution is 7.98. The molecule has 0 amide bonds. The minimum absolute atomic E-state index is 0.825. The molecular weight excluding hydrogens is 168 g/mol. The maximum absolute atomic E-state index is 5.73. The van der Waals surface area contributed by atoms with Crippen LogP contribution in [0.4, 0.5) is 11.4 Å². The van der Waals surface area contributed by atoms with E-state index in [2.05, 4.69) is 11.0 Å². The largest absolute Gasteiger partial charge is 0.399 e. The van der Waals surface area contributed by atoms with Crippen molar-refractivity contribution in [1.29, 1.82) is 0 Å². The van der Waals surface area contributed by atoms with E-state index in [1.54, 1.807) is 11.8 Å². The van der Waals surface area contributed by atoms with Crippen molar-refractivity contribution < 1.29 is 0 Å². The van der Waals surface area contributed by atoms with Gasteiger partial charge in [-0.05, 0) is 24.5 Å². The molecule has 0 unspecified atom stereocenters. The average molecular weight is 182 g/mol. The van der Waals surface area contributed by atoms with Crippen molar-refractivity contribution in [3.63, 3.8) is 0 Å². The monoisotopic (exact) mass is 182 g/mol. The molecule has 0 aliphatic heterocycles. The zero-order valence-corrected chi connectivity index (χ0v) is 8.48. The maximum atomic E-state index is 5.73. The van der Waals surface area contributed by atoms with Crippen molar-refractivity contribution in [3.8, 4) is 0 Å². The molecule has 12 heavy (non-hydrogen) atoms. The second-order valence-corrected chi connectivity index (χ2v) is 3.74. The molecule has 0 bridgehead atoms. The van der Waals surface area contributed by atoms with Gasteiger partial charge in [-0.15, -0.1) is 11.8 Å². The van der Waals surface area contributed by atoms with Crippen molar-refractivity contribution in [2.24, 2.45) is 0 Å². The summed E-state index contributed by atoms with van der Waals surface area (Å²) >= 11 is 1.71. The summed E-state index contributed by atoms with van der Waals surface area (Å²) in [6, 6.07) is 6.08. The average Bonchev–Trinajstić information content (AvgIpc) is 2.03. The molecule has 3 heteroatoms. The Morgan fingerprint density at radius 2 is 1.92 bits per heavy atom. The van der Waals surface area contributed by atoms with Gasteiger partial charge >= 0.3 is 0 Å². The first-order chi connectivity index (χ1) is 5.63. The molecule has 66 valence electrons. The fourth-order valence-electron chi connectivity index (χ4n) is 0.982. The fraction of sp³-hybridized carbons (Fsp3) is 0.333. The van der Waals surface area contributed by atoms with Gasteiger partial charge in [0.05, 0.1) is 0 Å². The predicted octanol–water partition coefficient (Wildman–Crippen LogP) is 2.06. The number of nitrogen functional groups attached to an aromatic ring is 1. The highest BCUT2D eigenvalue weighted by atomic mass is 32.2. The normalized spacial score (nSPS) is 9.92. The van der Waals surface area contributed by atoms with Gasteiger partial charge in [0.1, 0.15) is 0 Å². The Bertz CT molecular complexity index is 271. The number of rotatable bonds is 2. The lowest BCUT2D eigenvalue weighted by atomic mass is 10.3. The van der Waals surface area contributed by atoms with Crippen LogP contribution in [0, 0.1) is 0 Å². The van der Waals surface area contributed by atoms with Gasteiger partial charge in [-0.25, -0.2) is 0 Å². The quantitative estimate of drug-likeness (QED) is 0.560. The van der Waals surface area contributed by atoms with E-state index < -0.39 is 0 Å². The van der Waals surface area contributed by atoms with Gasteiger partial charge in [0.2, 0.25) is 0 Å². The molecular formula is C9H14N2S. The molecule has 0 spiro atoms. The van der Waals surface area contributed by atoms with Crippen molar-refractivity contribution >= 4 is 23.1 Å². The lowest BCUT2D eigenvalue weighted by Gasteiger charge is -2.13. The third kappa shape index (κ3) is 2.08. The van der Waals surface area contributed by atoms with Gasteiger partial charge in [0.15, 0.2) is 0 Å². The molecule has 0 aliphatic carbocycles. The topological polar surface area (TPSA) is 29.3 Å². The molecule has 2 N–H and O–H groups in total. The van der Waals surface area contributed by atoms with E-state index in [0.29, 0.717) is 0 Å². The summed E-state index contributed by atoms with van der Waals surface area (Å²) in [6.07, 6.45) is 2.05. The number of nitrogens with two attached hydrogens (primary N) is 1. The van der Waals surface area contributed by atoms with Gasteiger partial charge in [0, 0.05) is 30.4 Å². The van der Waals surface area contributed by atoms with Crippen LogP contribution < -0.4 is 10.6 Å². The van der Waals surface area contributed by atoms with E-state index >= 15 is 0 Å². The van der Waals surface area contributed by atoms with Crippen molar-refractivity contribution in [1.82, 2.24) is 0 Å². The van der Waals surface area contributed by atoms with Crippen LogP contribution in [0.15, 0.2) is 23.1 Å². The summed E-state index contributed by atoms with van der Waals surface area (Å²) in [5.74, 6) is 0. The van der Waals surface area contributed by atoms with Crippen molar-refractivity contribution in [2.75, 3.05) is 31.0 Å². The van der Waals surface area contributed by atoms with E-state index in [1.807, 2.05) is 32.5 Å². The van der Waals surface area contributed by atoms with Gasteiger partial charge in [-0.2, -0.15) is 0 Å². The molecule has 0 heterocycles. The molecule has 0 saturated carbocycles. The summed E-state index contributed by atoms with van der Waals surface area (Å²) in [5, 5.41) is 0. The first kappa shape index (κ1) is 9.26. The van der Waals surface area contributed by atoms with Gasteiger partial charge in [-0.3, -0.25) is 0 Å². The van der Waals surface area contributed by atoms with Crippen LogP contribution in [0.1, 0.15) is 0 Å². The number of benzene rings is 1. The Balaban J connectivity index is 3.06. The van der Waals surface area contributed by atoms with E-state index in [-0.39, 0.29) is 0 Å². The first-order valence-corrected chi connectivity index (χ1v) is 4.98. The molecule has 1 rings (SSSR count). The molecule has 0 fully saturated rings. The van der Waals surface area contributed by atoms with E-state index in [9.17, 15) is 0 Å². The highest BCUT2D eigenvalue weighted by Crippen LogP contribution is 2.24. The predicted molar refractivity (Wildman–Crippen MR) is 57.0 cm³/mol. The van der Waals surface area contributed by atoms with Gasteiger partial charge in [0.25, 0.3) is 0 Å². The Labute approximate surface area is 77.7 Å². The molecule has 2 nitrogen and oxygen atoms in total. The molecule has 0 saturated heterocycles. The second-order valence-electron chi connectivity index (χ2n) is 2.86. The minimum Gasteiger partial charge on any atom is -0.399 e. The third-order valence-electron chi connectivity index (χ3n) is 1.67. The molecule has 1 aromatic rings. The van der Waals surface area contributed by atoms with Crippen molar-refractivity contribution in [3.05, 3.63) is 18.2 Å². The van der Waals surface area contributed by atoms with Gasteiger partial charge in [-0.1, -0.05) is 0 Å². The van der Waals surface area contributed by atoms with E-state index in [4.69, 9.17) is 5.73 Å².